The fourth-order valence-corrected chi connectivity index (χ4v) is 3.25. The molecule has 28 heavy (non-hydrogen) atoms. The molecular formula is C18H24ClF3N4O2. The molecule has 0 atom stereocenters. The van der Waals surface area contributed by atoms with Crippen molar-refractivity contribution in [2.45, 2.75) is 38.8 Å². The third kappa shape index (κ3) is 6.25. The Morgan fingerprint density at radius 1 is 1.25 bits per heavy atom. The number of hydrogen-bond donors (Lipinski definition) is 2. The van der Waals surface area contributed by atoms with Crippen LogP contribution in [0.3, 0.4) is 0 Å². The minimum Gasteiger partial charge on any atom is -0.356 e. The SMILES string of the molecule is CCCNC(=O)CCNC(=O)C1CCN(c2ncc(C(F)(F)F)cc2Cl)CC1. The van der Waals surface area contributed by atoms with Crippen LogP contribution in [0.15, 0.2) is 12.3 Å². The number of aromatic nitrogens is 1. The molecular weight excluding hydrogens is 397 g/mol. The molecule has 156 valence electrons. The number of nitrogens with one attached hydrogen (secondary N) is 2. The van der Waals surface area contributed by atoms with E-state index in [9.17, 15) is 22.8 Å². The number of alkyl halides is 3. The minimum absolute atomic E-state index is 0.0594. The molecule has 10 heteroatoms. The van der Waals surface area contributed by atoms with E-state index in [1.54, 1.807) is 4.90 Å². The van der Waals surface area contributed by atoms with Crippen molar-refractivity contribution in [3.63, 3.8) is 0 Å². The Hall–Kier alpha value is -2.03. The second-order valence-electron chi connectivity index (χ2n) is 6.68. The summed E-state index contributed by atoms with van der Waals surface area (Å²) in [6, 6.07) is 0.867. The van der Waals surface area contributed by atoms with Crippen LogP contribution in [0.1, 0.15) is 38.2 Å². The van der Waals surface area contributed by atoms with Gasteiger partial charge in [0.05, 0.1) is 10.6 Å². The number of pyridine rings is 1. The molecule has 1 aliphatic heterocycles. The molecule has 0 radical (unpaired) electrons. The van der Waals surface area contributed by atoms with E-state index in [2.05, 4.69) is 15.6 Å². The fourth-order valence-electron chi connectivity index (χ4n) is 2.97. The highest BCUT2D eigenvalue weighted by atomic mass is 35.5. The van der Waals surface area contributed by atoms with E-state index >= 15 is 0 Å². The lowest BCUT2D eigenvalue weighted by Crippen LogP contribution is -2.41. The summed E-state index contributed by atoms with van der Waals surface area (Å²) >= 11 is 5.98. The molecule has 2 amide bonds. The third-order valence-corrected chi connectivity index (χ3v) is 4.82. The van der Waals surface area contributed by atoms with Crippen LogP contribution in [0, 0.1) is 5.92 Å². The summed E-state index contributed by atoms with van der Waals surface area (Å²) < 4.78 is 38.1. The van der Waals surface area contributed by atoms with Gasteiger partial charge in [0.1, 0.15) is 5.82 Å². The summed E-state index contributed by atoms with van der Waals surface area (Å²) in [5.74, 6) is -0.126. The summed E-state index contributed by atoms with van der Waals surface area (Å²) in [7, 11) is 0. The number of carbonyl (C=O) groups excluding carboxylic acids is 2. The van der Waals surface area contributed by atoms with Gasteiger partial charge >= 0.3 is 6.18 Å². The van der Waals surface area contributed by atoms with Crippen LogP contribution in [0.2, 0.25) is 5.02 Å². The van der Waals surface area contributed by atoms with Crippen molar-refractivity contribution in [1.82, 2.24) is 15.6 Å². The van der Waals surface area contributed by atoms with Crippen molar-refractivity contribution in [3.8, 4) is 0 Å². The van der Waals surface area contributed by atoms with Crippen molar-refractivity contribution in [3.05, 3.63) is 22.8 Å². The molecule has 0 aromatic carbocycles. The van der Waals surface area contributed by atoms with Crippen LogP contribution < -0.4 is 15.5 Å². The van der Waals surface area contributed by atoms with E-state index < -0.39 is 11.7 Å². The van der Waals surface area contributed by atoms with Crippen molar-refractivity contribution < 1.29 is 22.8 Å². The Morgan fingerprint density at radius 3 is 2.50 bits per heavy atom. The Kier molecular flexibility index (Phi) is 7.91. The van der Waals surface area contributed by atoms with Gasteiger partial charge in [-0.2, -0.15) is 13.2 Å². The van der Waals surface area contributed by atoms with Crippen LogP contribution in [-0.4, -0.2) is 43.0 Å². The number of amides is 2. The van der Waals surface area contributed by atoms with Gasteiger partial charge in [0.2, 0.25) is 11.8 Å². The first-order valence-corrected chi connectivity index (χ1v) is 9.62. The molecule has 1 aromatic heterocycles. The average Bonchev–Trinajstić information content (AvgIpc) is 2.65. The number of hydrogen-bond acceptors (Lipinski definition) is 4. The number of halogens is 4. The average molecular weight is 421 g/mol. The second kappa shape index (κ2) is 9.95. The molecule has 1 aromatic rings. The lowest BCUT2D eigenvalue weighted by Gasteiger charge is -2.32. The minimum atomic E-state index is -4.49. The summed E-state index contributed by atoms with van der Waals surface area (Å²) in [5.41, 5.74) is -0.890. The Labute approximate surface area is 166 Å². The van der Waals surface area contributed by atoms with Crippen LogP contribution in [0.5, 0.6) is 0 Å². The number of anilines is 1. The predicted octanol–water partition coefficient (Wildman–Crippen LogP) is 3.00. The quantitative estimate of drug-likeness (QED) is 0.711. The van der Waals surface area contributed by atoms with Crippen molar-refractivity contribution in [2.75, 3.05) is 31.1 Å². The molecule has 1 saturated heterocycles. The van der Waals surface area contributed by atoms with E-state index in [-0.39, 0.29) is 35.7 Å². The highest BCUT2D eigenvalue weighted by molar-refractivity contribution is 6.33. The number of carbonyl (C=O) groups is 2. The van der Waals surface area contributed by atoms with Gasteiger partial charge in [0.15, 0.2) is 0 Å². The second-order valence-corrected chi connectivity index (χ2v) is 7.09. The van der Waals surface area contributed by atoms with Gasteiger partial charge in [-0.05, 0) is 25.3 Å². The summed E-state index contributed by atoms with van der Waals surface area (Å²) in [5, 5.41) is 5.45. The van der Waals surface area contributed by atoms with E-state index in [1.165, 1.54) is 0 Å². The molecule has 0 spiro atoms. The van der Waals surface area contributed by atoms with Crippen molar-refractivity contribution in [2.24, 2.45) is 5.92 Å². The Morgan fingerprint density at radius 2 is 1.93 bits per heavy atom. The van der Waals surface area contributed by atoms with Crippen LogP contribution in [0.25, 0.3) is 0 Å². The first-order chi connectivity index (χ1) is 13.2. The van der Waals surface area contributed by atoms with Crippen molar-refractivity contribution in [1.29, 1.82) is 0 Å². The molecule has 1 aliphatic rings. The molecule has 1 fully saturated rings. The standard InChI is InChI=1S/C18H24ClF3N4O2/c1-2-6-23-15(27)3-7-24-17(28)12-4-8-26(9-5-12)16-14(19)10-13(11-25-16)18(20,21)22/h10-12H,2-9H2,1H3,(H,23,27)(H,24,28). The molecule has 2 N–H and O–H groups in total. The zero-order chi connectivity index (χ0) is 20.7. The van der Waals surface area contributed by atoms with E-state index in [0.29, 0.717) is 38.3 Å². The third-order valence-electron chi connectivity index (χ3n) is 4.54. The number of piperidine rings is 1. The lowest BCUT2D eigenvalue weighted by molar-refractivity contribution is -0.137. The molecule has 0 saturated carbocycles. The van der Waals surface area contributed by atoms with Crippen LogP contribution >= 0.6 is 11.6 Å². The maximum absolute atomic E-state index is 12.7. The van der Waals surface area contributed by atoms with Gasteiger partial charge in [-0.3, -0.25) is 9.59 Å². The monoisotopic (exact) mass is 420 g/mol. The topological polar surface area (TPSA) is 74.3 Å². The lowest BCUT2D eigenvalue weighted by atomic mass is 9.96. The summed E-state index contributed by atoms with van der Waals surface area (Å²) in [4.78, 5) is 29.4. The van der Waals surface area contributed by atoms with Crippen LogP contribution in [0.4, 0.5) is 19.0 Å². The zero-order valence-corrected chi connectivity index (χ0v) is 16.4. The van der Waals surface area contributed by atoms with Crippen molar-refractivity contribution >= 4 is 29.2 Å². The fraction of sp³-hybridized carbons (Fsp3) is 0.611. The largest absolute Gasteiger partial charge is 0.417 e. The van der Waals surface area contributed by atoms with Crippen LogP contribution in [-0.2, 0) is 15.8 Å². The van der Waals surface area contributed by atoms with E-state index in [0.717, 1.165) is 18.7 Å². The maximum Gasteiger partial charge on any atom is 0.417 e. The maximum atomic E-state index is 12.7. The molecule has 0 bridgehead atoms. The highest BCUT2D eigenvalue weighted by Crippen LogP contribution is 2.34. The summed E-state index contributed by atoms with van der Waals surface area (Å²) in [6.07, 6.45) is -1.57. The van der Waals surface area contributed by atoms with E-state index in [1.807, 2.05) is 6.92 Å². The summed E-state index contributed by atoms with van der Waals surface area (Å²) in [6.45, 7) is 3.79. The molecule has 0 aliphatic carbocycles. The molecule has 6 nitrogen and oxygen atoms in total. The molecule has 2 rings (SSSR count). The first-order valence-electron chi connectivity index (χ1n) is 9.24. The Balaban J connectivity index is 1.81. The smallest absolute Gasteiger partial charge is 0.356 e. The van der Waals surface area contributed by atoms with Gasteiger partial charge in [-0.15, -0.1) is 0 Å². The first kappa shape index (κ1) is 22.3. The van der Waals surface area contributed by atoms with Gasteiger partial charge in [0.25, 0.3) is 0 Å². The van der Waals surface area contributed by atoms with Gasteiger partial charge < -0.3 is 15.5 Å². The van der Waals surface area contributed by atoms with Gasteiger partial charge in [-0.25, -0.2) is 4.98 Å². The molecule has 0 unspecified atom stereocenters. The van der Waals surface area contributed by atoms with Gasteiger partial charge in [0, 0.05) is 44.7 Å². The van der Waals surface area contributed by atoms with E-state index in [4.69, 9.17) is 11.6 Å². The zero-order valence-electron chi connectivity index (χ0n) is 15.6. The predicted molar refractivity (Wildman–Crippen MR) is 100 cm³/mol. The molecule has 2 heterocycles. The van der Waals surface area contributed by atoms with Gasteiger partial charge in [-0.1, -0.05) is 18.5 Å². The number of rotatable bonds is 7. The normalized spacial score (nSPS) is 15.4. The Bertz CT molecular complexity index is 692. The number of nitrogens with zero attached hydrogens (tertiary/aromatic N) is 2. The highest BCUT2D eigenvalue weighted by Gasteiger charge is 2.33.